The zero-order valence-electron chi connectivity index (χ0n) is 63.0. The number of nitrogens with one attached hydrogen (secondary N) is 2. The summed E-state index contributed by atoms with van der Waals surface area (Å²) in [4.78, 5) is 7.77. The molecule has 26 nitrogen and oxygen atoms in total. The van der Waals surface area contributed by atoms with E-state index in [1.165, 1.54) is 42.5 Å². The first-order valence-corrected chi connectivity index (χ1v) is 43.6. The minimum atomic E-state index is -4.68. The fourth-order valence-corrected chi connectivity index (χ4v) is 16.1. The van der Waals surface area contributed by atoms with Crippen LogP contribution in [-0.2, 0) is 86.4 Å². The third-order valence-corrected chi connectivity index (χ3v) is 23.8. The summed E-state index contributed by atoms with van der Waals surface area (Å²) in [5.41, 5.74) is 7.98. The van der Waals surface area contributed by atoms with E-state index in [9.17, 15) is 68.7 Å². The van der Waals surface area contributed by atoms with Crippen molar-refractivity contribution in [2.24, 2.45) is 9.98 Å². The van der Waals surface area contributed by atoms with Crippen LogP contribution in [0.5, 0.6) is 0 Å². The van der Waals surface area contributed by atoms with E-state index in [2.05, 4.69) is 29.8 Å². The van der Waals surface area contributed by atoms with Crippen LogP contribution < -0.4 is 113 Å². The van der Waals surface area contributed by atoms with E-state index < -0.39 is 82.7 Å². The Morgan fingerprint density at radius 2 is 0.907 bits per heavy atom. The molecular weight excluding hydrogens is 1560 g/mol. The summed E-state index contributed by atoms with van der Waals surface area (Å²) in [7, 11) is -26.2. The van der Waals surface area contributed by atoms with Crippen LogP contribution in [0.15, 0.2) is 183 Å². The van der Waals surface area contributed by atoms with Crippen LogP contribution in [0, 0.1) is 0 Å². The normalized spacial score (nSPS) is 18.2. The molecule has 0 spiro atoms. The second-order valence-electron chi connectivity index (χ2n) is 26.6. The van der Waals surface area contributed by atoms with Gasteiger partial charge in [-0.1, -0.05) is 80.8 Å². The van der Waals surface area contributed by atoms with Gasteiger partial charge in [-0.15, -0.1) is 0 Å². The van der Waals surface area contributed by atoms with Crippen molar-refractivity contribution < 1.29 is 199 Å². The van der Waals surface area contributed by atoms with Crippen molar-refractivity contribution in [2.75, 3.05) is 54.2 Å². The van der Waals surface area contributed by atoms with Gasteiger partial charge in [0.25, 0.3) is 20.2 Å². The zero-order chi connectivity index (χ0) is 78.5. The van der Waals surface area contributed by atoms with Crippen LogP contribution in [-0.4, -0.2) is 166 Å². The zero-order valence-corrected chi connectivity index (χ0v) is 74.1. The molecular formula is C74H96K2N6O20S6. The molecule has 5 unspecified atom stereocenters. The van der Waals surface area contributed by atoms with E-state index >= 15 is 0 Å². The molecule has 0 saturated carbocycles. The first kappa shape index (κ1) is 96.4. The third kappa shape index (κ3) is 29.4. The van der Waals surface area contributed by atoms with Crippen molar-refractivity contribution >= 4 is 118 Å². The number of allylic oxidation sites excluding steroid dienone is 1. The number of nitrogens with zero attached hydrogens (tertiary/aromatic N) is 4. The molecule has 6 aromatic carbocycles. The number of ether oxygens (including phenoxy) is 2. The van der Waals surface area contributed by atoms with Crippen LogP contribution in [0.25, 0.3) is 0 Å². The molecule has 0 saturated heterocycles. The van der Waals surface area contributed by atoms with Gasteiger partial charge < -0.3 is 38.3 Å². The summed E-state index contributed by atoms with van der Waals surface area (Å²) in [6, 6.07) is 42.3. The van der Waals surface area contributed by atoms with Gasteiger partial charge in [0.1, 0.15) is 30.4 Å². The summed E-state index contributed by atoms with van der Waals surface area (Å²) < 4.78 is 214. The summed E-state index contributed by atoms with van der Waals surface area (Å²) in [5, 5.41) is 6.36. The van der Waals surface area contributed by atoms with E-state index in [4.69, 9.17) is 18.6 Å². The quantitative estimate of drug-likeness (QED) is 0.00845. The molecule has 4 N–H and O–H groups in total. The summed E-state index contributed by atoms with van der Waals surface area (Å²) in [6.07, 6.45) is 10.7. The number of hydrogen-bond donors (Lipinski definition) is 4. The molecule has 0 aliphatic carbocycles. The van der Waals surface area contributed by atoms with Gasteiger partial charge >= 0.3 is 103 Å². The molecule has 0 radical (unpaired) electrons. The number of rotatable bonds is 34. The largest absolute Gasteiger partial charge is 1.00 e. The number of anilines is 2. The van der Waals surface area contributed by atoms with Gasteiger partial charge in [-0.2, -0.15) is 26.0 Å². The average molecular weight is 1660 g/mol. The van der Waals surface area contributed by atoms with Gasteiger partial charge in [-0.3, -0.25) is 14.1 Å². The van der Waals surface area contributed by atoms with Gasteiger partial charge in [-0.25, -0.2) is 38.7 Å². The van der Waals surface area contributed by atoms with Crippen molar-refractivity contribution in [3.8, 4) is 0 Å². The topological polar surface area (TPSA) is 411 Å². The van der Waals surface area contributed by atoms with Crippen LogP contribution in [0.4, 0.5) is 34.1 Å². The molecule has 3 aliphatic heterocycles. The number of aliphatic imine (C=N–C) groups is 2. The minimum Gasteiger partial charge on any atom is -0.748 e. The smallest absolute Gasteiger partial charge is 0.748 e. The molecule has 0 fully saturated rings. The average Bonchev–Trinajstić information content (AvgIpc) is 1.59. The molecule has 6 aromatic rings. The number of benzene rings is 6. The maximum atomic E-state index is 11.9. The molecule has 3 heterocycles. The van der Waals surface area contributed by atoms with Crippen LogP contribution in [0.3, 0.4) is 0 Å². The van der Waals surface area contributed by atoms with E-state index in [1.807, 2.05) is 159 Å². The number of fused-ring (bicyclic) bond motifs is 3. The molecule has 9 rings (SSSR count). The Morgan fingerprint density at radius 1 is 0.509 bits per heavy atom. The monoisotopic (exact) mass is 1660 g/mol. The summed E-state index contributed by atoms with van der Waals surface area (Å²) >= 11 is 0. The van der Waals surface area contributed by atoms with Crippen LogP contribution in [0.1, 0.15) is 150 Å². The SMILES string of the molecule is C(=Nc1ccccc1)Nc1ccccc1.CC1=Nc2ccc(S(=O)(=O)[O-])cc2C1(C)CCCCS(=O)(=O)[O-].CCOC(C)CC[N+]1=C(/C=C/Nc2ccccc2)C(C)(CCCCS(=O)(=O)O)c2cc(S(=O)(=O)[O-])ccc21.CCOC(C)CC[N+]1=C(C)C(C)(CCCCS(=O)(=O)O)c2cc(S(=O)(=O)[O-])ccc21.[K+].[K+]. The standard InChI is InChI=1S/C27H36N2O7S2.C20H31NO7S2.C14H19NO6S2.C13H12N2.2K/c1-4-36-21(2)15-18-29-25-13-12-23(38(33,34)35)20-24(25)27(3,16-8-9-19-37(30,31)32)26(29)14-17-28-22-10-6-5-7-11-22;1-5-28-15(2)10-12-21-16(3)20(4,11-6-7-13-29(22,23)24)18-14-17(30(25,26)27)8-9-19(18)21;1-10-14(2,7-3-4-8-22(16,17)18)12-9-11(23(19,20)21)5-6-13(12)15-10;1-3-7-12(8-4-1)14-11-15-13-9-5-2-6-10-13;;/h5-7,10-14,17,20-21H,4,8-9,15-16,18-19H2,1-3H3,(H2,30,31,32,33,34,35);8-9,14-15H,5-7,10-13H2,1-4H3,(H-,22,23,24,25,26,27);5-6,9H,3-4,7-8H2,1-2H3,(H,16,17,18)(H,19,20,21);1-11H,(H,14,15);;/q;;;;2*+1/p-2. The Bertz CT molecular complexity index is 4890. The Labute approximate surface area is 723 Å². The predicted molar refractivity (Wildman–Crippen MR) is 408 cm³/mol. The van der Waals surface area contributed by atoms with E-state index in [0.29, 0.717) is 88.1 Å². The van der Waals surface area contributed by atoms with Gasteiger partial charge in [0, 0.05) is 96.8 Å². The Kier molecular flexibility index (Phi) is 38.3. The fourth-order valence-electron chi connectivity index (χ4n) is 13.0. The van der Waals surface area contributed by atoms with E-state index in [-0.39, 0.29) is 160 Å². The van der Waals surface area contributed by atoms with Crippen molar-refractivity contribution in [1.82, 2.24) is 0 Å². The number of para-hydroxylation sites is 3. The van der Waals surface area contributed by atoms with Crippen molar-refractivity contribution in [3.05, 3.63) is 175 Å². The molecule has 108 heavy (non-hydrogen) atoms. The fraction of sp³-hybridized carbons (Fsp3) is 0.432. The molecule has 0 bridgehead atoms. The number of hydrogen-bond acceptors (Lipinski definition) is 21. The Balaban J connectivity index is 0.000000316. The Hall–Kier alpha value is -4.01. The van der Waals surface area contributed by atoms with E-state index in [1.54, 1.807) is 25.4 Å². The molecule has 0 amide bonds. The maximum absolute atomic E-state index is 11.9. The van der Waals surface area contributed by atoms with Gasteiger partial charge in [0.05, 0.1) is 77.1 Å². The molecule has 5 atom stereocenters. The Morgan fingerprint density at radius 3 is 1.36 bits per heavy atom. The van der Waals surface area contributed by atoms with Crippen LogP contribution in [0.2, 0.25) is 0 Å². The van der Waals surface area contributed by atoms with Crippen LogP contribution >= 0.6 is 0 Å². The van der Waals surface area contributed by atoms with Crippen molar-refractivity contribution in [1.29, 1.82) is 0 Å². The summed E-state index contributed by atoms with van der Waals surface area (Å²) in [5.74, 6) is -1.11. The second-order valence-corrected chi connectivity index (χ2v) is 35.4. The maximum Gasteiger partial charge on any atom is 1.00 e. The van der Waals surface area contributed by atoms with Gasteiger partial charge in [0.2, 0.25) is 11.4 Å². The van der Waals surface area contributed by atoms with Gasteiger partial charge in [0.15, 0.2) is 24.5 Å². The molecule has 34 heteroatoms. The van der Waals surface area contributed by atoms with Crippen molar-refractivity contribution in [3.63, 3.8) is 0 Å². The van der Waals surface area contributed by atoms with Crippen molar-refractivity contribution in [2.45, 2.75) is 176 Å². The first-order valence-electron chi connectivity index (χ1n) is 34.6. The third-order valence-electron chi connectivity index (χ3n) is 18.9. The summed E-state index contributed by atoms with van der Waals surface area (Å²) in [6.45, 7) is 19.9. The minimum absolute atomic E-state index is 0. The second kappa shape index (κ2) is 42.9. The molecule has 580 valence electrons. The predicted octanol–water partition coefficient (Wildman–Crippen LogP) is 6.42. The molecule has 0 aromatic heterocycles. The first-order chi connectivity index (χ1) is 49.5. The number of unbranched alkanes of at least 4 members (excludes halogenated alkanes) is 3. The molecule has 3 aliphatic rings. The van der Waals surface area contributed by atoms with Gasteiger partial charge in [-0.05, 0) is 171 Å². The van der Waals surface area contributed by atoms with E-state index in [0.717, 1.165) is 57.6 Å².